The van der Waals surface area contributed by atoms with Crippen molar-refractivity contribution < 1.29 is 37.7 Å². The van der Waals surface area contributed by atoms with Gasteiger partial charge in [-0.05, 0) is 114 Å². The standard InChI is InChI=1S/C34H34Br2N2O8S2/c1-21-25(17-45-31-11-9-23(13-29(31)35)15-37-47-19-33(39)40)5-3-7-27(21)28-8-4-6-26(22(28)2)18-46-32-12-10-24(14-30(32)36)16-38-48(43,44)20-34(41)42/h3-14,37-38H,15-20H2,1-2H3,(H,39,40)(H,41,42). The van der Waals surface area contributed by atoms with E-state index in [4.69, 9.17) is 19.7 Å². The number of hydrogen-bond donors (Lipinski definition) is 4. The average molecular weight is 823 g/mol. The molecule has 0 saturated carbocycles. The van der Waals surface area contributed by atoms with Gasteiger partial charge in [-0.15, -0.1) is 0 Å². The van der Waals surface area contributed by atoms with E-state index in [0.717, 1.165) is 55.4 Å². The van der Waals surface area contributed by atoms with E-state index < -0.39 is 27.7 Å². The van der Waals surface area contributed by atoms with Crippen LogP contribution in [0.5, 0.6) is 11.5 Å². The van der Waals surface area contributed by atoms with E-state index in [0.29, 0.717) is 41.3 Å². The Morgan fingerprint density at radius 2 is 1.25 bits per heavy atom. The molecule has 0 radical (unpaired) electrons. The first-order valence-electron chi connectivity index (χ1n) is 14.6. The van der Waals surface area contributed by atoms with Gasteiger partial charge in [-0.1, -0.05) is 60.5 Å². The zero-order valence-electron chi connectivity index (χ0n) is 26.1. The summed E-state index contributed by atoms with van der Waals surface area (Å²) in [6.45, 7) is 5.30. The smallest absolute Gasteiger partial charge is 0.320 e. The predicted molar refractivity (Wildman–Crippen MR) is 193 cm³/mol. The Balaban J connectivity index is 1.40. The van der Waals surface area contributed by atoms with Gasteiger partial charge in [0.15, 0.2) is 5.75 Å². The van der Waals surface area contributed by atoms with Crippen molar-refractivity contribution in [2.75, 3.05) is 11.5 Å². The third-order valence-electron chi connectivity index (χ3n) is 7.32. The van der Waals surface area contributed by atoms with Gasteiger partial charge >= 0.3 is 11.9 Å². The summed E-state index contributed by atoms with van der Waals surface area (Å²) in [5.41, 5.74) is 8.04. The van der Waals surface area contributed by atoms with Gasteiger partial charge in [0.25, 0.3) is 0 Å². The molecule has 4 aromatic carbocycles. The van der Waals surface area contributed by atoms with Crippen molar-refractivity contribution in [1.29, 1.82) is 0 Å². The first kappa shape index (κ1) is 37.4. The number of rotatable bonds is 17. The Labute approximate surface area is 300 Å². The fourth-order valence-electron chi connectivity index (χ4n) is 4.77. The maximum absolute atomic E-state index is 11.8. The van der Waals surface area contributed by atoms with E-state index in [1.807, 2.05) is 42.5 Å². The summed E-state index contributed by atoms with van der Waals surface area (Å²) in [6.07, 6.45) is 0. The minimum atomic E-state index is -3.93. The van der Waals surface area contributed by atoms with Crippen molar-refractivity contribution in [3.8, 4) is 22.6 Å². The zero-order valence-corrected chi connectivity index (χ0v) is 30.9. The van der Waals surface area contributed by atoms with Crippen molar-refractivity contribution >= 4 is 65.8 Å². The lowest BCUT2D eigenvalue weighted by Crippen LogP contribution is -2.29. The molecule has 254 valence electrons. The number of carboxylic acids is 2. The van der Waals surface area contributed by atoms with Crippen molar-refractivity contribution in [2.24, 2.45) is 0 Å². The Bertz CT molecular complexity index is 1900. The molecule has 0 unspecified atom stereocenters. The molecule has 14 heteroatoms. The highest BCUT2D eigenvalue weighted by Crippen LogP contribution is 2.33. The molecule has 0 amide bonds. The molecule has 0 aliphatic carbocycles. The van der Waals surface area contributed by atoms with E-state index in [9.17, 15) is 18.0 Å². The van der Waals surface area contributed by atoms with Crippen LogP contribution in [-0.4, -0.2) is 42.1 Å². The fraction of sp³-hybridized carbons (Fsp3) is 0.235. The van der Waals surface area contributed by atoms with Gasteiger partial charge in [0.1, 0.15) is 30.5 Å². The average Bonchev–Trinajstić information content (AvgIpc) is 3.02. The molecular formula is C34H34Br2N2O8S2. The van der Waals surface area contributed by atoms with Crippen molar-refractivity contribution in [2.45, 2.75) is 40.2 Å². The van der Waals surface area contributed by atoms with Crippen LogP contribution in [-0.2, 0) is 45.9 Å². The second-order valence-electron chi connectivity index (χ2n) is 10.8. The van der Waals surface area contributed by atoms with Gasteiger partial charge in [-0.3, -0.25) is 14.3 Å². The summed E-state index contributed by atoms with van der Waals surface area (Å²) in [5, 5.41) is 17.5. The molecule has 48 heavy (non-hydrogen) atoms. The highest BCUT2D eigenvalue weighted by atomic mass is 79.9. The molecule has 10 nitrogen and oxygen atoms in total. The molecule has 0 fully saturated rings. The molecule has 0 aliphatic heterocycles. The van der Waals surface area contributed by atoms with Crippen LogP contribution < -0.4 is 18.9 Å². The minimum absolute atomic E-state index is 0.0115. The Hall–Kier alpha value is -3.40. The normalized spacial score (nSPS) is 11.3. The van der Waals surface area contributed by atoms with Crippen LogP contribution in [0, 0.1) is 13.8 Å². The van der Waals surface area contributed by atoms with Gasteiger partial charge in [-0.2, -0.15) is 0 Å². The fourth-order valence-corrected chi connectivity index (χ4v) is 7.16. The number of carboxylic acid groups (broad SMARTS) is 2. The highest BCUT2D eigenvalue weighted by molar-refractivity contribution is 9.11. The van der Waals surface area contributed by atoms with E-state index in [-0.39, 0.29) is 12.3 Å². The van der Waals surface area contributed by atoms with Crippen LogP contribution in [0.25, 0.3) is 11.1 Å². The molecule has 0 aliphatic rings. The van der Waals surface area contributed by atoms with Crippen LogP contribution in [0.3, 0.4) is 0 Å². The SMILES string of the molecule is Cc1c(COc2ccc(CNSCC(=O)O)cc2Br)cccc1-c1cccc(COc2ccc(CNS(=O)(=O)CC(=O)O)cc2Br)c1C. The summed E-state index contributed by atoms with van der Waals surface area (Å²) in [4.78, 5) is 21.4. The Kier molecular flexibility index (Phi) is 13.5. The van der Waals surface area contributed by atoms with E-state index in [1.165, 1.54) is 0 Å². The molecule has 0 spiro atoms. The lowest BCUT2D eigenvalue weighted by Gasteiger charge is -2.17. The maximum Gasteiger partial charge on any atom is 0.320 e. The summed E-state index contributed by atoms with van der Waals surface area (Å²) >= 11 is 8.23. The minimum Gasteiger partial charge on any atom is -0.488 e. The molecule has 0 bridgehead atoms. The van der Waals surface area contributed by atoms with Crippen LogP contribution in [0.4, 0.5) is 0 Å². The predicted octanol–water partition coefficient (Wildman–Crippen LogP) is 6.98. The summed E-state index contributed by atoms with van der Waals surface area (Å²) in [6, 6.07) is 23.2. The molecule has 0 atom stereocenters. The second kappa shape index (κ2) is 17.3. The van der Waals surface area contributed by atoms with Gasteiger partial charge in [-0.25, -0.2) is 13.1 Å². The molecule has 4 N–H and O–H groups in total. The van der Waals surface area contributed by atoms with Crippen molar-refractivity contribution in [3.05, 3.63) is 115 Å². The molecule has 4 rings (SSSR count). The number of hydrogen-bond acceptors (Lipinski definition) is 8. The van der Waals surface area contributed by atoms with Gasteiger partial charge in [0.05, 0.1) is 8.95 Å². The number of aliphatic carboxylic acids is 2. The van der Waals surface area contributed by atoms with E-state index in [2.05, 4.69) is 67.3 Å². The molecule has 0 heterocycles. The van der Waals surface area contributed by atoms with Gasteiger partial charge in [0.2, 0.25) is 10.0 Å². The maximum atomic E-state index is 11.8. The van der Waals surface area contributed by atoms with Crippen LogP contribution >= 0.6 is 43.8 Å². The number of nitrogens with one attached hydrogen (secondary N) is 2. The van der Waals surface area contributed by atoms with Gasteiger partial charge < -0.3 is 19.7 Å². The summed E-state index contributed by atoms with van der Waals surface area (Å²) in [7, 11) is -3.93. The monoisotopic (exact) mass is 820 g/mol. The second-order valence-corrected chi connectivity index (χ2v) is 15.1. The first-order valence-corrected chi connectivity index (χ1v) is 18.8. The number of halogens is 2. The van der Waals surface area contributed by atoms with Crippen molar-refractivity contribution in [3.63, 3.8) is 0 Å². The molecule has 4 aromatic rings. The van der Waals surface area contributed by atoms with Crippen LogP contribution in [0.1, 0.15) is 33.4 Å². The summed E-state index contributed by atoms with van der Waals surface area (Å²) < 4.78 is 42.8. The number of ether oxygens (including phenoxy) is 2. The lowest BCUT2D eigenvalue weighted by atomic mass is 9.92. The van der Waals surface area contributed by atoms with E-state index in [1.54, 1.807) is 18.2 Å². The number of sulfonamides is 1. The van der Waals surface area contributed by atoms with Crippen LogP contribution in [0.2, 0.25) is 0 Å². The third kappa shape index (κ3) is 10.8. The zero-order chi connectivity index (χ0) is 34.8. The van der Waals surface area contributed by atoms with E-state index >= 15 is 0 Å². The quantitative estimate of drug-likeness (QED) is 0.0649. The first-order chi connectivity index (χ1) is 22.8. The number of carbonyl (C=O) groups is 2. The Morgan fingerprint density at radius 3 is 1.71 bits per heavy atom. The van der Waals surface area contributed by atoms with Gasteiger partial charge in [0, 0.05) is 13.1 Å². The lowest BCUT2D eigenvalue weighted by molar-refractivity contribution is -0.135. The number of benzene rings is 4. The topological polar surface area (TPSA) is 151 Å². The highest BCUT2D eigenvalue weighted by Gasteiger charge is 2.16. The van der Waals surface area contributed by atoms with Crippen LogP contribution in [0.15, 0.2) is 81.7 Å². The Morgan fingerprint density at radius 1 is 0.750 bits per heavy atom. The molecule has 0 aromatic heterocycles. The third-order valence-corrected chi connectivity index (χ3v) is 10.5. The molecular weight excluding hydrogens is 788 g/mol. The molecule has 0 saturated heterocycles. The van der Waals surface area contributed by atoms with Crippen molar-refractivity contribution in [1.82, 2.24) is 9.44 Å². The largest absolute Gasteiger partial charge is 0.488 e. The summed E-state index contributed by atoms with van der Waals surface area (Å²) in [5.74, 6) is -2.00.